The minimum atomic E-state index is -0.876. The summed E-state index contributed by atoms with van der Waals surface area (Å²) < 4.78 is 15.6. The molecule has 1 amide bonds. The van der Waals surface area contributed by atoms with Gasteiger partial charge in [0.25, 0.3) is 0 Å². The van der Waals surface area contributed by atoms with E-state index in [1.807, 2.05) is 30.3 Å². The van der Waals surface area contributed by atoms with Gasteiger partial charge in [-0.05, 0) is 36.6 Å². The van der Waals surface area contributed by atoms with Crippen molar-refractivity contribution in [3.63, 3.8) is 0 Å². The highest BCUT2D eigenvalue weighted by molar-refractivity contribution is 5.85. The van der Waals surface area contributed by atoms with E-state index < -0.39 is 23.7 Å². The van der Waals surface area contributed by atoms with Crippen molar-refractivity contribution in [2.24, 2.45) is 0 Å². The zero-order valence-corrected chi connectivity index (χ0v) is 16.1. The number of amides is 1. The fourth-order valence-electron chi connectivity index (χ4n) is 2.79. The lowest BCUT2D eigenvalue weighted by atomic mass is 10.1. The van der Waals surface area contributed by atoms with Gasteiger partial charge in [-0.3, -0.25) is 0 Å². The van der Waals surface area contributed by atoms with Gasteiger partial charge in [-0.25, -0.2) is 14.4 Å². The second-order valence-corrected chi connectivity index (χ2v) is 6.49. The van der Waals surface area contributed by atoms with Crippen LogP contribution in [0.4, 0.5) is 4.79 Å². The molecule has 0 saturated heterocycles. The van der Waals surface area contributed by atoms with Crippen LogP contribution in [0.5, 0.6) is 5.75 Å². The molecule has 1 aromatic heterocycles. The highest BCUT2D eigenvalue weighted by atomic mass is 16.6. The van der Waals surface area contributed by atoms with Gasteiger partial charge in [0.05, 0.1) is 0 Å². The molecule has 3 aromatic rings. The van der Waals surface area contributed by atoms with E-state index >= 15 is 0 Å². The van der Waals surface area contributed by atoms with E-state index in [0.29, 0.717) is 12.0 Å². The molecule has 0 radical (unpaired) electrons. The van der Waals surface area contributed by atoms with Gasteiger partial charge in [0, 0.05) is 17.5 Å². The Bertz CT molecular complexity index is 1070. The number of carbonyl (C=O) groups is 2. The number of ether oxygens (including phenoxy) is 2. The molecule has 0 bridgehead atoms. The normalized spacial score (nSPS) is 11.7. The molecule has 0 aliphatic carbocycles. The monoisotopic (exact) mass is 395 g/mol. The molecule has 7 heteroatoms. The Morgan fingerprint density at radius 1 is 1.10 bits per heavy atom. The van der Waals surface area contributed by atoms with Crippen molar-refractivity contribution in [2.45, 2.75) is 32.9 Å². The van der Waals surface area contributed by atoms with Gasteiger partial charge in [0.15, 0.2) is 0 Å². The number of hydrogen-bond donors (Lipinski definition) is 1. The lowest BCUT2D eigenvalue weighted by Crippen LogP contribution is -2.42. The van der Waals surface area contributed by atoms with Crippen LogP contribution in [0.1, 0.15) is 24.5 Å². The summed E-state index contributed by atoms with van der Waals surface area (Å²) in [6.45, 7) is 3.64. The minimum Gasteiger partial charge on any atom is -0.445 e. The smallest absolute Gasteiger partial charge is 0.408 e. The van der Waals surface area contributed by atoms with Gasteiger partial charge in [-0.2, -0.15) is 0 Å². The largest absolute Gasteiger partial charge is 0.445 e. The summed E-state index contributed by atoms with van der Waals surface area (Å²) in [5.41, 5.74) is 1.45. The minimum absolute atomic E-state index is 0.0984. The van der Waals surface area contributed by atoms with Gasteiger partial charge in [-0.15, -0.1) is 0 Å². The van der Waals surface area contributed by atoms with Gasteiger partial charge in [-0.1, -0.05) is 37.3 Å². The van der Waals surface area contributed by atoms with Gasteiger partial charge in [0.1, 0.15) is 24.0 Å². The molecule has 1 heterocycles. The predicted molar refractivity (Wildman–Crippen MR) is 107 cm³/mol. The van der Waals surface area contributed by atoms with Crippen LogP contribution < -0.4 is 15.7 Å². The van der Waals surface area contributed by atoms with E-state index in [1.165, 1.54) is 12.1 Å². The Labute approximate surface area is 167 Å². The Morgan fingerprint density at radius 2 is 1.86 bits per heavy atom. The molecule has 29 heavy (non-hydrogen) atoms. The van der Waals surface area contributed by atoms with Gasteiger partial charge >= 0.3 is 17.7 Å². The van der Waals surface area contributed by atoms with E-state index in [4.69, 9.17) is 13.9 Å². The summed E-state index contributed by atoms with van der Waals surface area (Å²) in [6, 6.07) is 14.5. The number of fused-ring (bicyclic) bond motifs is 1. The van der Waals surface area contributed by atoms with Crippen LogP contribution in [0.25, 0.3) is 11.0 Å². The lowest BCUT2D eigenvalue weighted by Gasteiger charge is -2.16. The number of esters is 1. The Hall–Kier alpha value is -3.61. The first-order chi connectivity index (χ1) is 14.0. The Balaban J connectivity index is 1.62. The van der Waals surface area contributed by atoms with Crippen molar-refractivity contribution in [1.29, 1.82) is 0 Å². The summed E-state index contributed by atoms with van der Waals surface area (Å²) in [5, 5.41) is 3.25. The maximum absolute atomic E-state index is 12.4. The topological polar surface area (TPSA) is 94.8 Å². The average molecular weight is 395 g/mol. The summed E-state index contributed by atoms with van der Waals surface area (Å²) >= 11 is 0. The van der Waals surface area contributed by atoms with Crippen molar-refractivity contribution in [2.75, 3.05) is 0 Å². The van der Waals surface area contributed by atoms with Crippen LogP contribution in [-0.4, -0.2) is 18.1 Å². The third-order valence-electron chi connectivity index (χ3n) is 4.34. The van der Waals surface area contributed by atoms with E-state index in [9.17, 15) is 14.4 Å². The third-order valence-corrected chi connectivity index (χ3v) is 4.34. The molecule has 0 fully saturated rings. The number of nitrogens with one attached hydrogen (secondary N) is 1. The molecule has 7 nitrogen and oxygen atoms in total. The van der Waals surface area contributed by atoms with E-state index in [0.717, 1.165) is 16.5 Å². The summed E-state index contributed by atoms with van der Waals surface area (Å²) in [4.78, 5) is 36.0. The van der Waals surface area contributed by atoms with Crippen LogP contribution in [-0.2, 0) is 16.1 Å². The molecule has 0 aliphatic rings. The van der Waals surface area contributed by atoms with Gasteiger partial charge in [0.2, 0.25) is 0 Å². The van der Waals surface area contributed by atoms with Crippen molar-refractivity contribution in [1.82, 2.24) is 5.32 Å². The molecule has 2 aromatic carbocycles. The summed E-state index contributed by atoms with van der Waals surface area (Å²) in [5.74, 6) is -0.423. The Morgan fingerprint density at radius 3 is 2.59 bits per heavy atom. The van der Waals surface area contributed by atoms with Crippen LogP contribution in [0.15, 0.2) is 63.8 Å². The lowest BCUT2D eigenvalue weighted by molar-refractivity contribution is -0.136. The standard InChI is InChI=1S/C22H21NO6/c1-3-18(23-22(26)27-13-15-7-5-4-6-8-15)21(25)28-16-9-10-17-14(2)11-20(24)29-19(17)12-16/h4-12,18H,3,13H2,1-2H3,(H,23,26). The molecule has 150 valence electrons. The van der Waals surface area contributed by atoms with E-state index in [1.54, 1.807) is 26.0 Å². The number of aryl methyl sites for hydroxylation is 1. The Kier molecular flexibility index (Phi) is 6.29. The summed E-state index contributed by atoms with van der Waals surface area (Å²) in [7, 11) is 0. The number of alkyl carbamates (subject to hydrolysis) is 1. The first-order valence-corrected chi connectivity index (χ1v) is 9.19. The molecule has 1 N–H and O–H groups in total. The maximum atomic E-state index is 12.4. The van der Waals surface area contributed by atoms with Crippen molar-refractivity contribution < 1.29 is 23.5 Å². The molecule has 0 aliphatic heterocycles. The van der Waals surface area contributed by atoms with Crippen LogP contribution in [0, 0.1) is 6.92 Å². The highest BCUT2D eigenvalue weighted by Crippen LogP contribution is 2.22. The fourth-order valence-corrected chi connectivity index (χ4v) is 2.79. The number of benzene rings is 2. The fraction of sp³-hybridized carbons (Fsp3) is 0.227. The van der Waals surface area contributed by atoms with Crippen molar-refractivity contribution in [3.05, 3.63) is 76.1 Å². The van der Waals surface area contributed by atoms with E-state index in [-0.39, 0.29) is 12.4 Å². The first kappa shape index (κ1) is 20.1. The second kappa shape index (κ2) is 9.05. The number of rotatable bonds is 6. The number of carbonyl (C=O) groups excluding carboxylic acids is 2. The maximum Gasteiger partial charge on any atom is 0.408 e. The first-order valence-electron chi connectivity index (χ1n) is 9.19. The van der Waals surface area contributed by atoms with E-state index in [2.05, 4.69) is 5.32 Å². The molecular weight excluding hydrogens is 374 g/mol. The highest BCUT2D eigenvalue weighted by Gasteiger charge is 2.22. The predicted octanol–water partition coefficient (Wildman–Crippen LogP) is 3.71. The van der Waals surface area contributed by atoms with Crippen molar-refractivity contribution in [3.8, 4) is 5.75 Å². The van der Waals surface area contributed by atoms with Gasteiger partial charge < -0.3 is 19.2 Å². The molecule has 0 spiro atoms. The molecular formula is C22H21NO6. The third kappa shape index (κ3) is 5.22. The molecule has 0 saturated carbocycles. The summed E-state index contributed by atoms with van der Waals surface area (Å²) in [6.07, 6.45) is -0.390. The number of hydrogen-bond acceptors (Lipinski definition) is 6. The van der Waals surface area contributed by atoms with Crippen molar-refractivity contribution >= 4 is 23.0 Å². The second-order valence-electron chi connectivity index (χ2n) is 6.49. The quantitative estimate of drug-likeness (QED) is 0.388. The van der Waals surface area contributed by atoms with Crippen LogP contribution in [0.3, 0.4) is 0 Å². The molecule has 1 unspecified atom stereocenters. The zero-order valence-electron chi connectivity index (χ0n) is 16.1. The van der Waals surface area contributed by atoms with Crippen LogP contribution in [0.2, 0.25) is 0 Å². The molecule has 1 atom stereocenters. The zero-order chi connectivity index (χ0) is 20.8. The SMILES string of the molecule is CCC(NC(=O)OCc1ccccc1)C(=O)Oc1ccc2c(C)cc(=O)oc2c1. The van der Waals surface area contributed by atoms with Crippen LogP contribution >= 0.6 is 0 Å². The average Bonchev–Trinajstić information content (AvgIpc) is 2.70. The molecule has 3 rings (SSSR count).